The number of carboxylic acid groups (broad SMARTS) is 1. The second-order valence-electron chi connectivity index (χ2n) is 8.94. The van der Waals surface area contributed by atoms with Crippen LogP contribution >= 0.6 is 0 Å². The fraction of sp³-hybridized carbons (Fsp3) is 0.542. The van der Waals surface area contributed by atoms with Crippen LogP contribution in [0.25, 0.3) is 0 Å². The third-order valence-electron chi connectivity index (χ3n) is 5.78. The molecule has 13 nitrogen and oxygen atoms in total. The van der Waals surface area contributed by atoms with Crippen LogP contribution in [-0.4, -0.2) is 70.6 Å². The van der Waals surface area contributed by atoms with Crippen LogP contribution in [0.4, 0.5) is 0 Å². The summed E-state index contributed by atoms with van der Waals surface area (Å²) in [5.41, 5.74) is 17.0. The SMILES string of the molecule is CCC(C)C(NC(=O)C(CCCN=C(N)N)NC(=O)C(Cc1ccc(O)cc1)NC(=O)C(C)N)C(=O)O. The van der Waals surface area contributed by atoms with Crippen LogP contribution in [0.15, 0.2) is 29.3 Å². The molecule has 0 fully saturated rings. The van der Waals surface area contributed by atoms with Gasteiger partial charge in [0.15, 0.2) is 5.96 Å². The van der Waals surface area contributed by atoms with Gasteiger partial charge in [0.25, 0.3) is 0 Å². The average Bonchev–Trinajstić information content (AvgIpc) is 2.83. The fourth-order valence-corrected chi connectivity index (χ4v) is 3.36. The molecule has 5 atom stereocenters. The molecule has 0 bridgehead atoms. The number of hydrogen-bond acceptors (Lipinski definition) is 7. The minimum atomic E-state index is -1.19. The number of nitrogens with two attached hydrogens (primary N) is 3. The van der Waals surface area contributed by atoms with E-state index >= 15 is 0 Å². The van der Waals surface area contributed by atoms with Gasteiger partial charge in [-0.05, 0) is 43.4 Å². The summed E-state index contributed by atoms with van der Waals surface area (Å²) >= 11 is 0. The first kappa shape index (κ1) is 31.2. The number of nitrogens with one attached hydrogen (secondary N) is 3. The molecule has 37 heavy (non-hydrogen) atoms. The van der Waals surface area contributed by atoms with E-state index in [0.29, 0.717) is 18.4 Å². The van der Waals surface area contributed by atoms with Crippen molar-refractivity contribution in [1.82, 2.24) is 16.0 Å². The van der Waals surface area contributed by atoms with Crippen molar-refractivity contribution in [2.75, 3.05) is 6.54 Å². The van der Waals surface area contributed by atoms with Crippen LogP contribution in [0, 0.1) is 5.92 Å². The summed E-state index contributed by atoms with van der Waals surface area (Å²) in [6.45, 7) is 5.15. The maximum absolute atomic E-state index is 13.3. The molecule has 1 aromatic rings. The summed E-state index contributed by atoms with van der Waals surface area (Å²) in [5, 5.41) is 26.8. The minimum Gasteiger partial charge on any atom is -0.508 e. The first-order valence-corrected chi connectivity index (χ1v) is 12.1. The Bertz CT molecular complexity index is 947. The molecule has 11 N–H and O–H groups in total. The highest BCUT2D eigenvalue weighted by molar-refractivity contribution is 5.94. The van der Waals surface area contributed by atoms with Gasteiger partial charge in [0.05, 0.1) is 6.04 Å². The Balaban J connectivity index is 3.15. The molecule has 1 rings (SSSR count). The minimum absolute atomic E-state index is 0.0381. The van der Waals surface area contributed by atoms with E-state index in [9.17, 15) is 29.4 Å². The van der Waals surface area contributed by atoms with Gasteiger partial charge in [0.1, 0.15) is 23.9 Å². The molecule has 206 valence electrons. The average molecular weight is 522 g/mol. The Morgan fingerprint density at radius 2 is 1.51 bits per heavy atom. The number of guanidine groups is 1. The maximum Gasteiger partial charge on any atom is 0.326 e. The van der Waals surface area contributed by atoms with Crippen LogP contribution in [0.3, 0.4) is 0 Å². The van der Waals surface area contributed by atoms with Crippen LogP contribution in [0.2, 0.25) is 0 Å². The zero-order chi connectivity index (χ0) is 28.1. The number of aliphatic imine (C=N–C) groups is 1. The van der Waals surface area contributed by atoms with Crippen molar-refractivity contribution in [2.45, 2.75) is 70.6 Å². The van der Waals surface area contributed by atoms with Crippen LogP contribution < -0.4 is 33.2 Å². The topological polar surface area (TPSA) is 235 Å². The van der Waals surface area contributed by atoms with Crippen LogP contribution in [-0.2, 0) is 25.6 Å². The molecule has 13 heteroatoms. The van der Waals surface area contributed by atoms with Crippen molar-refractivity contribution in [3.05, 3.63) is 29.8 Å². The normalized spacial score (nSPS) is 14.8. The third kappa shape index (κ3) is 11.2. The van der Waals surface area contributed by atoms with Crippen LogP contribution in [0.1, 0.15) is 45.6 Å². The van der Waals surface area contributed by atoms with E-state index in [1.54, 1.807) is 26.0 Å². The van der Waals surface area contributed by atoms with E-state index < -0.39 is 47.9 Å². The number of phenolic OH excluding ortho intramolecular Hbond substituents is 1. The van der Waals surface area contributed by atoms with Gasteiger partial charge >= 0.3 is 5.97 Å². The largest absolute Gasteiger partial charge is 0.508 e. The molecule has 0 saturated heterocycles. The zero-order valence-corrected chi connectivity index (χ0v) is 21.4. The van der Waals surface area contributed by atoms with E-state index in [2.05, 4.69) is 20.9 Å². The predicted molar refractivity (Wildman–Crippen MR) is 138 cm³/mol. The van der Waals surface area contributed by atoms with Gasteiger partial charge in [0.2, 0.25) is 17.7 Å². The molecule has 0 aromatic heterocycles. The summed E-state index contributed by atoms with van der Waals surface area (Å²) in [5.74, 6) is -3.56. The predicted octanol–water partition coefficient (Wildman–Crippen LogP) is -1.08. The number of rotatable bonds is 15. The second-order valence-corrected chi connectivity index (χ2v) is 8.94. The van der Waals surface area contributed by atoms with E-state index in [1.807, 2.05) is 0 Å². The van der Waals surface area contributed by atoms with Crippen LogP contribution in [0.5, 0.6) is 5.75 Å². The number of carboxylic acids is 1. The summed E-state index contributed by atoms with van der Waals surface area (Å²) in [6, 6.07) is 1.81. The lowest BCUT2D eigenvalue weighted by atomic mass is 9.98. The van der Waals surface area contributed by atoms with Gasteiger partial charge in [-0.15, -0.1) is 0 Å². The molecule has 0 radical (unpaired) electrons. The first-order chi connectivity index (χ1) is 17.3. The summed E-state index contributed by atoms with van der Waals surface area (Å²) in [4.78, 5) is 54.2. The molecule has 3 amide bonds. The number of benzene rings is 1. The second kappa shape index (κ2) is 15.3. The molecule has 0 aliphatic heterocycles. The number of aromatic hydroxyl groups is 1. The lowest BCUT2D eigenvalue weighted by Gasteiger charge is -2.26. The Morgan fingerprint density at radius 3 is 2.03 bits per heavy atom. The lowest BCUT2D eigenvalue weighted by molar-refractivity contribution is -0.144. The molecule has 1 aromatic carbocycles. The third-order valence-corrected chi connectivity index (χ3v) is 5.78. The molecule has 5 unspecified atom stereocenters. The van der Waals surface area contributed by atoms with E-state index in [1.165, 1.54) is 19.1 Å². The van der Waals surface area contributed by atoms with Crippen molar-refractivity contribution in [2.24, 2.45) is 28.1 Å². The number of hydrogen-bond donors (Lipinski definition) is 8. The highest BCUT2D eigenvalue weighted by Gasteiger charge is 2.31. The van der Waals surface area contributed by atoms with Crippen molar-refractivity contribution in [3.8, 4) is 5.75 Å². The summed E-state index contributed by atoms with van der Waals surface area (Å²) < 4.78 is 0. The van der Waals surface area contributed by atoms with Gasteiger partial charge in [-0.2, -0.15) is 0 Å². The highest BCUT2D eigenvalue weighted by Crippen LogP contribution is 2.13. The Hall–Kier alpha value is -3.87. The van der Waals surface area contributed by atoms with E-state index in [0.717, 1.165) is 0 Å². The van der Waals surface area contributed by atoms with Crippen molar-refractivity contribution < 1.29 is 29.4 Å². The molecule has 0 aliphatic rings. The van der Waals surface area contributed by atoms with Crippen molar-refractivity contribution >= 4 is 29.7 Å². The number of carbonyl (C=O) groups is 4. The standard InChI is InChI=1S/C24H39N7O6/c1-4-13(2)19(23(36)37)31-21(34)17(6-5-11-28-24(26)27)29-22(35)18(30-20(33)14(3)25)12-15-7-9-16(32)10-8-15/h7-10,13-14,17-19,32H,4-6,11-12,25H2,1-3H3,(H,29,35)(H,30,33)(H,31,34)(H,36,37)(H4,26,27,28). The van der Waals surface area contributed by atoms with Gasteiger partial charge in [-0.25, -0.2) is 4.79 Å². The monoisotopic (exact) mass is 521 g/mol. The summed E-state index contributed by atoms with van der Waals surface area (Å²) in [6.07, 6.45) is 0.981. The number of phenols is 1. The molecular formula is C24H39N7O6. The van der Waals surface area contributed by atoms with E-state index in [4.69, 9.17) is 17.2 Å². The Labute approximate surface area is 216 Å². The van der Waals surface area contributed by atoms with Crippen molar-refractivity contribution in [3.63, 3.8) is 0 Å². The number of carbonyl (C=O) groups excluding carboxylic acids is 3. The molecule has 0 spiro atoms. The number of amides is 3. The number of nitrogens with zero attached hydrogens (tertiary/aromatic N) is 1. The highest BCUT2D eigenvalue weighted by atomic mass is 16.4. The Kier molecular flexibility index (Phi) is 12.9. The fourth-order valence-electron chi connectivity index (χ4n) is 3.36. The van der Waals surface area contributed by atoms with E-state index in [-0.39, 0.29) is 37.0 Å². The first-order valence-electron chi connectivity index (χ1n) is 12.1. The van der Waals surface area contributed by atoms with Gasteiger partial charge in [-0.1, -0.05) is 32.4 Å². The summed E-state index contributed by atoms with van der Waals surface area (Å²) in [7, 11) is 0. The maximum atomic E-state index is 13.3. The van der Waals surface area contributed by atoms with Gasteiger partial charge in [-0.3, -0.25) is 19.4 Å². The molecule has 0 aliphatic carbocycles. The number of aliphatic carboxylic acids is 1. The molecule has 0 saturated carbocycles. The van der Waals surface area contributed by atoms with Gasteiger partial charge < -0.3 is 43.4 Å². The lowest BCUT2D eigenvalue weighted by Crippen LogP contribution is -2.58. The van der Waals surface area contributed by atoms with Crippen molar-refractivity contribution in [1.29, 1.82) is 0 Å². The Morgan fingerprint density at radius 1 is 0.946 bits per heavy atom. The molecule has 0 heterocycles. The molecular weight excluding hydrogens is 482 g/mol. The smallest absolute Gasteiger partial charge is 0.326 e. The van der Waals surface area contributed by atoms with Gasteiger partial charge in [0, 0.05) is 13.0 Å². The quantitative estimate of drug-likeness (QED) is 0.0794. The zero-order valence-electron chi connectivity index (χ0n) is 21.4.